The van der Waals surface area contributed by atoms with Gasteiger partial charge in [0, 0.05) is 29.9 Å². The second kappa shape index (κ2) is 3.02. The van der Waals surface area contributed by atoms with Crippen molar-refractivity contribution in [1.82, 2.24) is 4.57 Å². The van der Waals surface area contributed by atoms with Crippen LogP contribution in [0, 0.1) is 0 Å². The van der Waals surface area contributed by atoms with E-state index in [0.717, 1.165) is 24.8 Å². The average molecular weight is 177 g/mol. The van der Waals surface area contributed by atoms with Crippen molar-refractivity contribution < 1.29 is 4.79 Å². The van der Waals surface area contributed by atoms with Crippen molar-refractivity contribution in [2.75, 3.05) is 0 Å². The Morgan fingerprint density at radius 3 is 2.85 bits per heavy atom. The highest BCUT2D eigenvalue weighted by molar-refractivity contribution is 5.98. The van der Waals surface area contributed by atoms with E-state index >= 15 is 0 Å². The van der Waals surface area contributed by atoms with Crippen LogP contribution < -0.4 is 0 Å². The maximum atomic E-state index is 11.5. The first kappa shape index (κ1) is 8.54. The van der Waals surface area contributed by atoms with Crippen molar-refractivity contribution in [2.24, 2.45) is 0 Å². The smallest absolute Gasteiger partial charge is 0.164 e. The Morgan fingerprint density at radius 1 is 1.38 bits per heavy atom. The molecule has 0 saturated heterocycles. The van der Waals surface area contributed by atoms with Crippen LogP contribution in [-0.4, -0.2) is 10.4 Å². The minimum absolute atomic E-state index is 0.320. The summed E-state index contributed by atoms with van der Waals surface area (Å²) in [5, 5.41) is 0. The molecular weight excluding hydrogens is 162 g/mol. The second-order valence-corrected chi connectivity index (χ2v) is 3.95. The Bertz CT molecular complexity index is 336. The molecule has 13 heavy (non-hydrogen) atoms. The molecule has 0 radical (unpaired) electrons. The van der Waals surface area contributed by atoms with Crippen LogP contribution in [-0.2, 0) is 6.42 Å². The Kier molecular flexibility index (Phi) is 1.98. The van der Waals surface area contributed by atoms with E-state index < -0.39 is 0 Å². The molecule has 0 saturated carbocycles. The Morgan fingerprint density at radius 2 is 2.15 bits per heavy atom. The topological polar surface area (TPSA) is 22.0 Å². The first-order valence-electron chi connectivity index (χ1n) is 4.93. The summed E-state index contributed by atoms with van der Waals surface area (Å²) < 4.78 is 2.21. The number of hydrogen-bond acceptors (Lipinski definition) is 1. The lowest BCUT2D eigenvalue weighted by Crippen LogP contribution is -2.13. The van der Waals surface area contributed by atoms with Gasteiger partial charge in [0.15, 0.2) is 5.78 Å². The normalized spacial score (nSPS) is 16.4. The van der Waals surface area contributed by atoms with Crippen LogP contribution in [0.3, 0.4) is 0 Å². The maximum Gasteiger partial charge on any atom is 0.164 e. The monoisotopic (exact) mass is 177 g/mol. The van der Waals surface area contributed by atoms with Crippen LogP contribution in [0.1, 0.15) is 48.8 Å². The summed E-state index contributed by atoms with van der Waals surface area (Å²) in [5.74, 6) is 0.320. The molecule has 1 aliphatic rings. The van der Waals surface area contributed by atoms with E-state index in [2.05, 4.69) is 18.4 Å². The zero-order valence-corrected chi connectivity index (χ0v) is 8.21. The van der Waals surface area contributed by atoms with E-state index in [1.165, 1.54) is 5.69 Å². The third-order valence-corrected chi connectivity index (χ3v) is 2.70. The van der Waals surface area contributed by atoms with Crippen molar-refractivity contribution in [3.05, 3.63) is 23.5 Å². The van der Waals surface area contributed by atoms with E-state index in [1.807, 2.05) is 12.3 Å². The van der Waals surface area contributed by atoms with Crippen LogP contribution >= 0.6 is 0 Å². The zero-order valence-electron chi connectivity index (χ0n) is 8.21. The molecule has 2 heteroatoms. The number of ketones is 1. The molecule has 70 valence electrons. The van der Waals surface area contributed by atoms with Gasteiger partial charge in [-0.3, -0.25) is 4.79 Å². The standard InChI is InChI=1S/C11H15NO/c1-8(2)12-7-6-9-10(12)4-3-5-11(9)13/h6-8H,3-5H2,1-2H3. The molecule has 1 aliphatic carbocycles. The van der Waals surface area contributed by atoms with Crippen molar-refractivity contribution in [3.8, 4) is 0 Å². The summed E-state index contributed by atoms with van der Waals surface area (Å²) >= 11 is 0. The molecule has 0 fully saturated rings. The van der Waals surface area contributed by atoms with Crippen LogP contribution in [0.4, 0.5) is 0 Å². The molecule has 0 spiro atoms. The molecule has 0 amide bonds. The summed E-state index contributed by atoms with van der Waals surface area (Å²) in [6.07, 6.45) is 4.85. The Balaban J connectivity index is 2.47. The first-order chi connectivity index (χ1) is 6.20. The van der Waals surface area contributed by atoms with Crippen molar-refractivity contribution in [2.45, 2.75) is 39.2 Å². The van der Waals surface area contributed by atoms with Gasteiger partial charge < -0.3 is 4.57 Å². The van der Waals surface area contributed by atoms with Crippen molar-refractivity contribution in [1.29, 1.82) is 0 Å². The van der Waals surface area contributed by atoms with Gasteiger partial charge in [-0.15, -0.1) is 0 Å². The van der Waals surface area contributed by atoms with Crippen LogP contribution in [0.5, 0.6) is 0 Å². The third-order valence-electron chi connectivity index (χ3n) is 2.70. The van der Waals surface area contributed by atoms with Crippen molar-refractivity contribution in [3.63, 3.8) is 0 Å². The fourth-order valence-corrected chi connectivity index (χ4v) is 2.03. The third kappa shape index (κ3) is 1.30. The van der Waals surface area contributed by atoms with Crippen molar-refractivity contribution >= 4 is 5.78 Å². The largest absolute Gasteiger partial charge is 0.348 e. The lowest BCUT2D eigenvalue weighted by atomic mass is 9.96. The molecule has 0 unspecified atom stereocenters. The molecule has 2 nitrogen and oxygen atoms in total. The van der Waals surface area contributed by atoms with Gasteiger partial charge in [-0.05, 0) is 32.8 Å². The highest BCUT2D eigenvalue weighted by Crippen LogP contribution is 2.24. The Labute approximate surface area is 78.6 Å². The number of aromatic nitrogens is 1. The minimum atomic E-state index is 0.320. The lowest BCUT2D eigenvalue weighted by Gasteiger charge is -2.17. The molecule has 1 aromatic rings. The number of hydrogen-bond donors (Lipinski definition) is 0. The predicted molar refractivity (Wildman–Crippen MR) is 52.1 cm³/mol. The molecule has 0 aliphatic heterocycles. The molecule has 1 aromatic heterocycles. The number of nitrogens with zero attached hydrogens (tertiary/aromatic N) is 1. The number of carbonyl (C=O) groups is 1. The van der Waals surface area contributed by atoms with E-state index in [1.54, 1.807) is 0 Å². The molecule has 1 heterocycles. The fraction of sp³-hybridized carbons (Fsp3) is 0.545. The van der Waals surface area contributed by atoms with Crippen LogP contribution in [0.15, 0.2) is 12.3 Å². The van der Waals surface area contributed by atoms with Gasteiger partial charge in [-0.2, -0.15) is 0 Å². The average Bonchev–Trinajstić information content (AvgIpc) is 2.48. The number of rotatable bonds is 1. The van der Waals surface area contributed by atoms with E-state index in [9.17, 15) is 4.79 Å². The highest BCUT2D eigenvalue weighted by atomic mass is 16.1. The first-order valence-corrected chi connectivity index (χ1v) is 4.93. The van der Waals surface area contributed by atoms with E-state index in [4.69, 9.17) is 0 Å². The maximum absolute atomic E-state index is 11.5. The molecule has 2 rings (SSSR count). The molecule has 0 atom stereocenters. The summed E-state index contributed by atoms with van der Waals surface area (Å²) in [4.78, 5) is 11.5. The zero-order chi connectivity index (χ0) is 9.42. The molecule has 0 N–H and O–H groups in total. The van der Waals surface area contributed by atoms with Gasteiger partial charge in [0.2, 0.25) is 0 Å². The quantitative estimate of drug-likeness (QED) is 0.646. The van der Waals surface area contributed by atoms with E-state index in [-0.39, 0.29) is 0 Å². The van der Waals surface area contributed by atoms with Gasteiger partial charge in [0.25, 0.3) is 0 Å². The summed E-state index contributed by atoms with van der Waals surface area (Å²) in [6, 6.07) is 2.44. The summed E-state index contributed by atoms with van der Waals surface area (Å²) in [7, 11) is 0. The SMILES string of the molecule is CC(C)n1ccc2c1CCCC2=O. The molecule has 0 bridgehead atoms. The number of Topliss-reactive ketones (excluding diaryl/α,β-unsaturated/α-hetero) is 1. The summed E-state index contributed by atoms with van der Waals surface area (Å²) in [6.45, 7) is 4.30. The van der Waals surface area contributed by atoms with Crippen LogP contribution in [0.25, 0.3) is 0 Å². The van der Waals surface area contributed by atoms with Gasteiger partial charge in [-0.25, -0.2) is 0 Å². The minimum Gasteiger partial charge on any atom is -0.348 e. The Hall–Kier alpha value is -1.05. The molecular formula is C11H15NO. The summed E-state index contributed by atoms with van der Waals surface area (Å²) in [5.41, 5.74) is 2.20. The van der Waals surface area contributed by atoms with Gasteiger partial charge in [0.1, 0.15) is 0 Å². The number of carbonyl (C=O) groups excluding carboxylic acids is 1. The predicted octanol–water partition coefficient (Wildman–Crippen LogP) is 2.59. The molecule has 0 aromatic carbocycles. The van der Waals surface area contributed by atoms with Gasteiger partial charge in [-0.1, -0.05) is 0 Å². The van der Waals surface area contributed by atoms with E-state index in [0.29, 0.717) is 11.8 Å². The second-order valence-electron chi connectivity index (χ2n) is 3.95. The van der Waals surface area contributed by atoms with Gasteiger partial charge >= 0.3 is 0 Å². The number of fused-ring (bicyclic) bond motifs is 1. The highest BCUT2D eigenvalue weighted by Gasteiger charge is 2.20. The lowest BCUT2D eigenvalue weighted by molar-refractivity contribution is 0.0971. The van der Waals surface area contributed by atoms with Crippen LogP contribution in [0.2, 0.25) is 0 Å². The fourth-order valence-electron chi connectivity index (χ4n) is 2.03. The van der Waals surface area contributed by atoms with Gasteiger partial charge in [0.05, 0.1) is 0 Å².